The van der Waals surface area contributed by atoms with E-state index in [2.05, 4.69) is 16.0 Å². The highest BCUT2D eigenvalue weighted by atomic mass is 35.5. The first kappa shape index (κ1) is 17.1. The van der Waals surface area contributed by atoms with Gasteiger partial charge in [-0.05, 0) is 29.8 Å². The van der Waals surface area contributed by atoms with E-state index in [1.165, 1.54) is 6.26 Å². The highest BCUT2D eigenvalue weighted by Crippen LogP contribution is 2.12. The summed E-state index contributed by atoms with van der Waals surface area (Å²) in [7, 11) is 0. The third kappa shape index (κ3) is 4.34. The van der Waals surface area contributed by atoms with Crippen LogP contribution < -0.4 is 16.0 Å². The van der Waals surface area contributed by atoms with E-state index in [1.54, 1.807) is 24.3 Å². The summed E-state index contributed by atoms with van der Waals surface area (Å²) in [4.78, 5) is 23.5. The Kier molecular flexibility index (Phi) is 5.78. The molecule has 7 heteroatoms. The molecule has 0 saturated carbocycles. The quantitative estimate of drug-likeness (QED) is 0.778. The SMILES string of the molecule is Cl.O=C(Nc1ccc(CNC(=O)C2CNC2)cc1)c1ccco1. The van der Waals surface area contributed by atoms with E-state index in [9.17, 15) is 9.59 Å². The van der Waals surface area contributed by atoms with Crippen LogP contribution in [0.25, 0.3) is 0 Å². The second-order valence-electron chi connectivity index (χ2n) is 5.20. The average Bonchev–Trinajstić information content (AvgIpc) is 2.99. The summed E-state index contributed by atoms with van der Waals surface area (Å²) in [6, 6.07) is 10.6. The molecule has 0 radical (unpaired) electrons. The molecule has 1 aliphatic heterocycles. The van der Waals surface area contributed by atoms with Crippen molar-refractivity contribution in [3.63, 3.8) is 0 Å². The molecular formula is C16H18ClN3O3. The summed E-state index contributed by atoms with van der Waals surface area (Å²) < 4.78 is 5.03. The van der Waals surface area contributed by atoms with Gasteiger partial charge in [-0.2, -0.15) is 0 Å². The van der Waals surface area contributed by atoms with Gasteiger partial charge >= 0.3 is 0 Å². The van der Waals surface area contributed by atoms with Gasteiger partial charge in [0.25, 0.3) is 5.91 Å². The van der Waals surface area contributed by atoms with Crippen molar-refractivity contribution in [2.75, 3.05) is 18.4 Å². The lowest BCUT2D eigenvalue weighted by molar-refractivity contribution is -0.126. The fourth-order valence-corrected chi connectivity index (χ4v) is 2.11. The van der Waals surface area contributed by atoms with Crippen molar-refractivity contribution >= 4 is 29.9 Å². The van der Waals surface area contributed by atoms with Crippen molar-refractivity contribution in [1.29, 1.82) is 0 Å². The maximum atomic E-state index is 11.8. The lowest BCUT2D eigenvalue weighted by Gasteiger charge is -2.25. The molecule has 122 valence electrons. The molecule has 1 aromatic heterocycles. The van der Waals surface area contributed by atoms with Crippen molar-refractivity contribution in [2.45, 2.75) is 6.54 Å². The van der Waals surface area contributed by atoms with E-state index < -0.39 is 0 Å². The molecule has 23 heavy (non-hydrogen) atoms. The van der Waals surface area contributed by atoms with Gasteiger partial charge in [-0.3, -0.25) is 9.59 Å². The Hall–Kier alpha value is -2.31. The van der Waals surface area contributed by atoms with Crippen molar-refractivity contribution in [2.24, 2.45) is 5.92 Å². The minimum atomic E-state index is -0.288. The van der Waals surface area contributed by atoms with E-state index in [1.807, 2.05) is 12.1 Å². The summed E-state index contributed by atoms with van der Waals surface area (Å²) in [5.74, 6) is 0.148. The first-order chi connectivity index (χ1) is 10.7. The molecule has 2 heterocycles. The molecule has 3 rings (SSSR count). The van der Waals surface area contributed by atoms with Gasteiger partial charge in [0.1, 0.15) is 0 Å². The number of carbonyl (C=O) groups excluding carboxylic acids is 2. The van der Waals surface area contributed by atoms with E-state index in [-0.39, 0.29) is 35.9 Å². The summed E-state index contributed by atoms with van der Waals surface area (Å²) >= 11 is 0. The van der Waals surface area contributed by atoms with Crippen LogP contribution in [0.2, 0.25) is 0 Å². The fraction of sp³-hybridized carbons (Fsp3) is 0.250. The molecule has 6 nitrogen and oxygen atoms in total. The Bertz CT molecular complexity index is 652. The van der Waals surface area contributed by atoms with Gasteiger partial charge in [0.2, 0.25) is 5.91 Å². The maximum Gasteiger partial charge on any atom is 0.291 e. The molecule has 0 bridgehead atoms. The van der Waals surface area contributed by atoms with E-state index in [0.717, 1.165) is 18.7 Å². The predicted octanol–water partition coefficient (Wildman–Crippen LogP) is 1.79. The fourth-order valence-electron chi connectivity index (χ4n) is 2.11. The van der Waals surface area contributed by atoms with Gasteiger partial charge in [0, 0.05) is 25.3 Å². The second kappa shape index (κ2) is 7.80. The molecule has 0 aliphatic carbocycles. The molecule has 1 saturated heterocycles. The molecule has 2 aromatic rings. The minimum Gasteiger partial charge on any atom is -0.459 e. The Morgan fingerprint density at radius 2 is 1.91 bits per heavy atom. The smallest absolute Gasteiger partial charge is 0.291 e. The van der Waals surface area contributed by atoms with Crippen molar-refractivity contribution in [3.05, 3.63) is 54.0 Å². The maximum absolute atomic E-state index is 11.8. The number of halogens is 1. The Morgan fingerprint density at radius 3 is 2.48 bits per heavy atom. The van der Waals surface area contributed by atoms with Crippen LogP contribution in [-0.2, 0) is 11.3 Å². The van der Waals surface area contributed by atoms with Crippen molar-refractivity contribution in [3.8, 4) is 0 Å². The van der Waals surface area contributed by atoms with Gasteiger partial charge in [0.05, 0.1) is 12.2 Å². The summed E-state index contributed by atoms with van der Waals surface area (Å²) in [5.41, 5.74) is 1.66. The van der Waals surface area contributed by atoms with E-state index in [0.29, 0.717) is 12.2 Å². The van der Waals surface area contributed by atoms with Gasteiger partial charge in [0.15, 0.2) is 5.76 Å². The van der Waals surface area contributed by atoms with E-state index >= 15 is 0 Å². The monoisotopic (exact) mass is 335 g/mol. The van der Waals surface area contributed by atoms with Crippen LogP contribution in [0.1, 0.15) is 16.1 Å². The Morgan fingerprint density at radius 1 is 1.17 bits per heavy atom. The highest BCUT2D eigenvalue weighted by Gasteiger charge is 2.24. The van der Waals surface area contributed by atoms with Crippen LogP contribution in [-0.4, -0.2) is 24.9 Å². The molecule has 3 N–H and O–H groups in total. The zero-order chi connectivity index (χ0) is 15.4. The molecule has 1 fully saturated rings. The van der Waals surface area contributed by atoms with Crippen LogP contribution in [0.4, 0.5) is 5.69 Å². The van der Waals surface area contributed by atoms with Gasteiger partial charge < -0.3 is 20.4 Å². The van der Waals surface area contributed by atoms with Crippen LogP contribution in [0, 0.1) is 5.92 Å². The summed E-state index contributed by atoms with van der Waals surface area (Å²) in [5, 5.41) is 8.72. The molecule has 0 atom stereocenters. The zero-order valence-corrected chi connectivity index (χ0v) is 13.2. The molecule has 2 amide bonds. The Labute approximate surface area is 140 Å². The van der Waals surface area contributed by atoms with Crippen LogP contribution in [0.15, 0.2) is 47.1 Å². The molecule has 0 spiro atoms. The number of furan rings is 1. The van der Waals surface area contributed by atoms with Crippen LogP contribution in [0.5, 0.6) is 0 Å². The third-order valence-corrected chi connectivity index (χ3v) is 3.58. The minimum absolute atomic E-state index is 0. The highest BCUT2D eigenvalue weighted by molar-refractivity contribution is 6.02. The third-order valence-electron chi connectivity index (χ3n) is 3.58. The van der Waals surface area contributed by atoms with E-state index in [4.69, 9.17) is 4.42 Å². The second-order valence-corrected chi connectivity index (χ2v) is 5.20. The number of benzene rings is 1. The summed E-state index contributed by atoms with van der Waals surface area (Å²) in [6.45, 7) is 1.99. The van der Waals surface area contributed by atoms with Crippen molar-refractivity contribution < 1.29 is 14.0 Å². The average molecular weight is 336 g/mol. The van der Waals surface area contributed by atoms with Gasteiger partial charge in [-0.25, -0.2) is 0 Å². The number of amides is 2. The largest absolute Gasteiger partial charge is 0.459 e. The number of hydrogen-bond donors (Lipinski definition) is 3. The number of nitrogens with one attached hydrogen (secondary N) is 3. The normalized spacial score (nSPS) is 13.6. The molecule has 1 aromatic carbocycles. The topological polar surface area (TPSA) is 83.4 Å². The summed E-state index contributed by atoms with van der Waals surface area (Å²) in [6.07, 6.45) is 1.46. The first-order valence-electron chi connectivity index (χ1n) is 7.14. The van der Waals surface area contributed by atoms with Gasteiger partial charge in [-0.15, -0.1) is 12.4 Å². The standard InChI is InChI=1S/C16H17N3O3.ClH/c20-15(12-9-17-10-12)18-8-11-3-5-13(6-4-11)19-16(21)14-2-1-7-22-14;/h1-7,12,17H,8-10H2,(H,18,20)(H,19,21);1H. The number of carbonyl (C=O) groups is 2. The molecular weight excluding hydrogens is 318 g/mol. The Balaban J connectivity index is 0.00000192. The van der Waals surface area contributed by atoms with Crippen molar-refractivity contribution in [1.82, 2.24) is 10.6 Å². The molecule has 0 unspecified atom stereocenters. The number of anilines is 1. The van der Waals surface area contributed by atoms with Crippen LogP contribution in [0.3, 0.4) is 0 Å². The predicted molar refractivity (Wildman–Crippen MR) is 88.6 cm³/mol. The van der Waals surface area contributed by atoms with Gasteiger partial charge in [-0.1, -0.05) is 12.1 Å². The lowest BCUT2D eigenvalue weighted by Crippen LogP contribution is -2.50. The number of hydrogen-bond acceptors (Lipinski definition) is 4. The van der Waals surface area contributed by atoms with Crippen LogP contribution >= 0.6 is 12.4 Å². The molecule has 1 aliphatic rings. The first-order valence-corrected chi connectivity index (χ1v) is 7.14. The number of rotatable bonds is 5. The zero-order valence-electron chi connectivity index (χ0n) is 12.4. The lowest BCUT2D eigenvalue weighted by atomic mass is 10.0.